The number of aliphatic hydroxyl groups is 1. The van der Waals surface area contributed by atoms with Gasteiger partial charge in [0.05, 0.1) is 9.75 Å². The van der Waals surface area contributed by atoms with E-state index >= 15 is 8.78 Å². The highest BCUT2D eigenvalue weighted by molar-refractivity contribution is 7.16. The van der Waals surface area contributed by atoms with Crippen LogP contribution >= 0.6 is 11.3 Å². The van der Waals surface area contributed by atoms with Crippen molar-refractivity contribution in [3.8, 4) is 22.1 Å². The van der Waals surface area contributed by atoms with Crippen LogP contribution in [0.5, 0.6) is 11.6 Å². The topological polar surface area (TPSA) is 109 Å². The number of alkyl halides is 2. The number of nitrogens with zero attached hydrogens (tertiary/aromatic N) is 2. The predicted molar refractivity (Wildman–Crippen MR) is 134 cm³/mol. The van der Waals surface area contributed by atoms with Gasteiger partial charge < -0.3 is 24.7 Å². The maximum Gasteiger partial charge on any atom is 0.309 e. The van der Waals surface area contributed by atoms with Crippen LogP contribution in [0, 0.1) is 6.92 Å². The van der Waals surface area contributed by atoms with Crippen molar-refractivity contribution in [3.63, 3.8) is 0 Å². The number of halogens is 2. The third kappa shape index (κ3) is 4.40. The Balaban J connectivity index is 1.99. The van der Waals surface area contributed by atoms with Gasteiger partial charge in [-0.1, -0.05) is 6.07 Å². The zero-order valence-corrected chi connectivity index (χ0v) is 21.2. The zero-order chi connectivity index (χ0) is 26.4. The van der Waals surface area contributed by atoms with Crippen molar-refractivity contribution in [2.45, 2.75) is 39.2 Å². The predicted octanol–water partition coefficient (Wildman–Crippen LogP) is 4.70. The van der Waals surface area contributed by atoms with E-state index in [1.54, 1.807) is 26.0 Å². The molecule has 4 rings (SSSR count). The van der Waals surface area contributed by atoms with Crippen molar-refractivity contribution < 1.29 is 23.4 Å². The van der Waals surface area contributed by atoms with Crippen LogP contribution in [0.3, 0.4) is 0 Å². The van der Waals surface area contributed by atoms with E-state index in [0.29, 0.717) is 27.9 Å². The second kappa shape index (κ2) is 9.14. The number of fused-ring (bicyclic) bond motifs is 1. The molecular weight excluding hydrogens is 490 g/mol. The van der Waals surface area contributed by atoms with Gasteiger partial charge in [-0.15, -0.1) is 11.3 Å². The average molecular weight is 517 g/mol. The molecule has 0 spiro atoms. The number of carbonyl (C=O) groups excluding carboxylic acids is 1. The number of nitrogens with one attached hydrogen (secondary N) is 2. The molecule has 8 nitrogen and oxygen atoms in total. The number of aryl methyl sites for hydroxylation is 2. The zero-order valence-electron chi connectivity index (χ0n) is 20.4. The van der Waals surface area contributed by atoms with Crippen molar-refractivity contribution in [1.29, 1.82) is 0 Å². The summed E-state index contributed by atoms with van der Waals surface area (Å²) in [5.41, 5.74) is -1.31. The Kier molecular flexibility index (Phi) is 6.48. The first-order chi connectivity index (χ1) is 16.8. The fraction of sp³-hybridized carbons (Fsp3) is 0.320. The van der Waals surface area contributed by atoms with E-state index in [0.717, 1.165) is 25.2 Å². The molecule has 190 valence electrons. The van der Waals surface area contributed by atoms with Gasteiger partial charge in [-0.2, -0.15) is 8.78 Å². The number of pyridine rings is 2. The third-order valence-electron chi connectivity index (χ3n) is 5.74. The first-order valence-corrected chi connectivity index (χ1v) is 12.0. The van der Waals surface area contributed by atoms with Crippen LogP contribution in [0.15, 0.2) is 41.5 Å². The number of hydrogen-bond donors (Lipinski definition) is 3. The molecule has 0 radical (unpaired) electrons. The molecule has 0 atom stereocenters. The number of aromatic nitrogens is 3. The number of H-pyrrole nitrogens is 1. The van der Waals surface area contributed by atoms with Crippen LogP contribution in [0.4, 0.5) is 8.78 Å². The second-order valence-electron chi connectivity index (χ2n) is 8.95. The molecule has 0 aliphatic rings. The van der Waals surface area contributed by atoms with Crippen molar-refractivity contribution in [2.75, 3.05) is 6.54 Å². The Labute approximate surface area is 209 Å². The molecule has 4 aromatic heterocycles. The highest BCUT2D eigenvalue weighted by Crippen LogP contribution is 2.50. The number of thiophene rings is 1. The average Bonchev–Trinajstić information content (AvgIpc) is 3.43. The van der Waals surface area contributed by atoms with Gasteiger partial charge in [0.1, 0.15) is 22.6 Å². The number of amides is 1. The van der Waals surface area contributed by atoms with Gasteiger partial charge in [-0.3, -0.25) is 9.59 Å². The highest BCUT2D eigenvalue weighted by atomic mass is 32.1. The van der Waals surface area contributed by atoms with E-state index in [1.165, 1.54) is 36.1 Å². The molecule has 4 heterocycles. The first-order valence-electron chi connectivity index (χ1n) is 11.2. The summed E-state index contributed by atoms with van der Waals surface area (Å²) in [6.45, 7) is 6.00. The van der Waals surface area contributed by atoms with Crippen molar-refractivity contribution in [3.05, 3.63) is 63.1 Å². The van der Waals surface area contributed by atoms with Crippen LogP contribution in [0.1, 0.15) is 41.7 Å². The van der Waals surface area contributed by atoms with Crippen LogP contribution in [0.2, 0.25) is 0 Å². The van der Waals surface area contributed by atoms with E-state index in [-0.39, 0.29) is 28.4 Å². The van der Waals surface area contributed by atoms with Crippen LogP contribution in [-0.2, 0) is 13.0 Å². The number of hydrogen-bond acceptors (Lipinski definition) is 6. The molecule has 11 heteroatoms. The summed E-state index contributed by atoms with van der Waals surface area (Å²) >= 11 is 0.736. The molecule has 0 saturated heterocycles. The van der Waals surface area contributed by atoms with E-state index in [4.69, 9.17) is 4.74 Å². The summed E-state index contributed by atoms with van der Waals surface area (Å²) in [6.07, 6.45) is 3.03. The molecule has 0 unspecified atom stereocenters. The molecule has 0 aromatic carbocycles. The van der Waals surface area contributed by atoms with E-state index in [9.17, 15) is 14.7 Å². The summed E-state index contributed by atoms with van der Waals surface area (Å²) in [6, 6.07) is 6.19. The van der Waals surface area contributed by atoms with Gasteiger partial charge in [0.2, 0.25) is 5.88 Å². The van der Waals surface area contributed by atoms with Crippen LogP contribution < -0.4 is 15.6 Å². The minimum atomic E-state index is -3.60. The Morgan fingerprint density at radius 2 is 2.06 bits per heavy atom. The molecule has 0 fully saturated rings. The lowest BCUT2D eigenvalue weighted by Crippen LogP contribution is -2.39. The van der Waals surface area contributed by atoms with E-state index < -0.39 is 22.3 Å². The lowest BCUT2D eigenvalue weighted by molar-refractivity contribution is -0.166. The Bertz CT molecular complexity index is 1510. The maximum atomic E-state index is 15.2. The highest BCUT2D eigenvalue weighted by Gasteiger charge is 2.49. The molecule has 36 heavy (non-hydrogen) atoms. The van der Waals surface area contributed by atoms with Gasteiger partial charge in [-0.05, 0) is 39.8 Å². The number of rotatable bonds is 7. The van der Waals surface area contributed by atoms with E-state index in [1.807, 2.05) is 0 Å². The summed E-state index contributed by atoms with van der Waals surface area (Å²) in [7, 11) is 1.53. The lowest BCUT2D eigenvalue weighted by atomic mass is 9.99. The lowest BCUT2D eigenvalue weighted by Gasteiger charge is -2.27. The summed E-state index contributed by atoms with van der Waals surface area (Å²) in [5.74, 6) is -3.69. The van der Waals surface area contributed by atoms with Gasteiger partial charge in [0.15, 0.2) is 0 Å². The third-order valence-corrected chi connectivity index (χ3v) is 6.95. The number of carbonyl (C=O) groups is 1. The number of ether oxygens (including phenoxy) is 1. The normalized spacial score (nSPS) is 12.2. The van der Waals surface area contributed by atoms with Gasteiger partial charge in [0.25, 0.3) is 11.5 Å². The monoisotopic (exact) mass is 516 g/mol. The van der Waals surface area contributed by atoms with Crippen molar-refractivity contribution >= 4 is 28.1 Å². The second-order valence-corrected chi connectivity index (χ2v) is 10.0. The molecule has 0 saturated carbocycles. The quantitative estimate of drug-likeness (QED) is 0.330. The minimum Gasteiger partial charge on any atom is -0.437 e. The molecule has 4 aromatic rings. The fourth-order valence-electron chi connectivity index (χ4n) is 3.67. The number of aromatic amines is 1. The smallest absolute Gasteiger partial charge is 0.309 e. The van der Waals surface area contributed by atoms with Crippen LogP contribution in [0.25, 0.3) is 21.3 Å². The van der Waals surface area contributed by atoms with Gasteiger partial charge in [-0.25, -0.2) is 4.98 Å². The summed E-state index contributed by atoms with van der Waals surface area (Å²) in [4.78, 5) is 32.2. The Morgan fingerprint density at radius 1 is 1.33 bits per heavy atom. The summed E-state index contributed by atoms with van der Waals surface area (Å²) < 4.78 is 37.7. The van der Waals surface area contributed by atoms with Gasteiger partial charge in [0, 0.05) is 48.6 Å². The molecule has 0 bridgehead atoms. The largest absolute Gasteiger partial charge is 0.437 e. The molecular formula is C25H26F2N4O4S. The fourth-order valence-corrected chi connectivity index (χ4v) is 4.91. The van der Waals surface area contributed by atoms with Crippen LogP contribution in [-0.4, -0.2) is 37.7 Å². The Hall–Kier alpha value is -3.57. The molecule has 0 aliphatic heterocycles. The Morgan fingerprint density at radius 3 is 2.69 bits per heavy atom. The first kappa shape index (κ1) is 25.5. The minimum absolute atomic E-state index is 0.0847. The van der Waals surface area contributed by atoms with Crippen molar-refractivity contribution in [1.82, 2.24) is 19.9 Å². The molecule has 1 amide bonds. The van der Waals surface area contributed by atoms with Crippen molar-refractivity contribution in [2.24, 2.45) is 7.05 Å². The maximum absolute atomic E-state index is 15.2. The molecule has 0 aliphatic carbocycles. The standard InChI is InChI=1S/C25H26F2N4O4S/c1-6-28-21(32)16-10-14-15(12-31(5)23(33)19(14)30-16)20-17(35-22-13(2)8-7-9-29-22)11-18(36-20)25(26,27)24(3,4)34/h7-12,30,34H,6H2,1-5H3,(H,28,32). The van der Waals surface area contributed by atoms with Gasteiger partial charge >= 0.3 is 5.92 Å². The summed E-state index contributed by atoms with van der Waals surface area (Å²) in [5, 5.41) is 13.2. The molecule has 3 N–H and O–H groups in total. The van der Waals surface area contributed by atoms with E-state index in [2.05, 4.69) is 15.3 Å². The SMILES string of the molecule is CCNC(=O)c1cc2c(-c3sc(C(F)(F)C(C)(C)O)cc3Oc3ncccc3C)cn(C)c(=O)c2[nH]1.